The molecule has 12 heteroatoms. The van der Waals surface area contributed by atoms with E-state index >= 15 is 0 Å². The van der Waals surface area contributed by atoms with E-state index in [0.717, 1.165) is 10.5 Å². The molecule has 0 bridgehead atoms. The number of carbonyl (C=O) groups excluding carboxylic acids is 3. The van der Waals surface area contributed by atoms with Gasteiger partial charge < -0.3 is 5.32 Å². The number of hydrogen-bond acceptors (Lipinski definition) is 6. The summed E-state index contributed by atoms with van der Waals surface area (Å²) in [4.78, 5) is 52.7. The van der Waals surface area contributed by atoms with E-state index in [1.54, 1.807) is 42.5 Å². The summed E-state index contributed by atoms with van der Waals surface area (Å²) in [5, 5.41) is 12.3. The van der Waals surface area contributed by atoms with Crippen LogP contribution in [0.25, 0.3) is 0 Å². The topological polar surface area (TPSA) is 119 Å². The second-order valence-corrected chi connectivity index (χ2v) is 12.5. The lowest BCUT2D eigenvalue weighted by Crippen LogP contribution is -2.56. The van der Waals surface area contributed by atoms with Gasteiger partial charge >= 0.3 is 0 Å². The van der Waals surface area contributed by atoms with Crippen molar-refractivity contribution >= 4 is 41.0 Å². The molecule has 3 amide bonds. The van der Waals surface area contributed by atoms with Gasteiger partial charge in [0.2, 0.25) is 17.8 Å². The van der Waals surface area contributed by atoms with Crippen molar-refractivity contribution in [1.29, 1.82) is 5.26 Å². The highest BCUT2D eigenvalue weighted by atomic mass is 35.5. The van der Waals surface area contributed by atoms with Gasteiger partial charge in [-0.15, -0.1) is 0 Å². The van der Waals surface area contributed by atoms with Crippen LogP contribution in [-0.2, 0) is 19.8 Å². The van der Waals surface area contributed by atoms with Crippen LogP contribution in [0.4, 0.5) is 20.4 Å². The first-order chi connectivity index (χ1) is 20.8. The molecule has 2 aliphatic rings. The Hall–Kier alpha value is -4.43. The van der Waals surface area contributed by atoms with Crippen LogP contribution in [0.2, 0.25) is 5.02 Å². The molecule has 0 radical (unpaired) electrons. The smallest absolute Gasteiger partial charge is 0.252 e. The molecular weight excluding hydrogens is 602 g/mol. The lowest BCUT2D eigenvalue weighted by Gasteiger charge is -2.39. The number of nitrogens with zero attached hydrogens (tertiary/aromatic N) is 5. The zero-order valence-corrected chi connectivity index (χ0v) is 25.2. The molecule has 1 aromatic heterocycles. The molecule has 2 aromatic carbocycles. The summed E-state index contributed by atoms with van der Waals surface area (Å²) in [6, 6.07) is 13.7. The summed E-state index contributed by atoms with van der Waals surface area (Å²) in [5.74, 6) is -4.71. The van der Waals surface area contributed by atoms with Gasteiger partial charge in [0, 0.05) is 47.8 Å². The maximum absolute atomic E-state index is 14.8. The molecule has 9 nitrogen and oxygen atoms in total. The Balaban J connectivity index is 0.00000461. The first kappa shape index (κ1) is 33.5. The quantitative estimate of drug-likeness (QED) is 0.334. The van der Waals surface area contributed by atoms with Gasteiger partial charge in [-0.05, 0) is 41.7 Å². The third-order valence-corrected chi connectivity index (χ3v) is 8.18. The van der Waals surface area contributed by atoms with Crippen LogP contribution >= 0.6 is 11.6 Å². The van der Waals surface area contributed by atoms with Gasteiger partial charge in [-0.3, -0.25) is 24.2 Å². The molecule has 0 spiro atoms. The number of amides is 3. The molecule has 2 atom stereocenters. The van der Waals surface area contributed by atoms with E-state index in [9.17, 15) is 28.4 Å². The second kappa shape index (κ2) is 12.9. The van der Waals surface area contributed by atoms with Crippen LogP contribution in [0.1, 0.15) is 76.7 Å². The fourth-order valence-electron chi connectivity index (χ4n) is 5.52. The van der Waals surface area contributed by atoms with Crippen molar-refractivity contribution in [3.05, 3.63) is 82.6 Å². The van der Waals surface area contributed by atoms with Crippen molar-refractivity contribution in [2.24, 2.45) is 0 Å². The number of benzene rings is 2. The highest BCUT2D eigenvalue weighted by molar-refractivity contribution is 6.31. The molecule has 2 heterocycles. The van der Waals surface area contributed by atoms with Crippen LogP contribution in [0.3, 0.4) is 0 Å². The maximum atomic E-state index is 14.8. The van der Waals surface area contributed by atoms with Crippen molar-refractivity contribution in [3.8, 4) is 6.07 Å². The normalized spacial score (nSPS) is 18.3. The van der Waals surface area contributed by atoms with E-state index < -0.39 is 54.6 Å². The minimum Gasteiger partial charge on any atom is -0.351 e. The van der Waals surface area contributed by atoms with Gasteiger partial charge in [0.25, 0.3) is 11.8 Å². The van der Waals surface area contributed by atoms with Crippen LogP contribution in [0.5, 0.6) is 0 Å². The SMILES string of the molecule is C.CC(C)(C)c1cccc(N(C(=O)[C@@H]2CCC(=O)N2c2nccc(C#N)n2)[C@H](C(=O)NC2CC(F)(F)C2)c2ccccc2Cl)c1. The van der Waals surface area contributed by atoms with Gasteiger partial charge in [0.05, 0.1) is 0 Å². The molecule has 45 heavy (non-hydrogen) atoms. The van der Waals surface area contributed by atoms with E-state index in [2.05, 4.69) is 15.3 Å². The summed E-state index contributed by atoms with van der Waals surface area (Å²) in [6.45, 7) is 6.01. The fourth-order valence-corrected chi connectivity index (χ4v) is 5.76. The molecule has 3 aromatic rings. The average Bonchev–Trinajstić information content (AvgIpc) is 3.36. The Morgan fingerprint density at radius 2 is 1.87 bits per heavy atom. The van der Waals surface area contributed by atoms with Gasteiger partial charge in [-0.25, -0.2) is 18.7 Å². The highest BCUT2D eigenvalue weighted by Crippen LogP contribution is 2.40. The predicted molar refractivity (Wildman–Crippen MR) is 167 cm³/mol. The van der Waals surface area contributed by atoms with Crippen molar-refractivity contribution in [1.82, 2.24) is 15.3 Å². The minimum atomic E-state index is -2.88. The fraction of sp³-hybridized carbons (Fsp3) is 0.394. The zero-order chi connectivity index (χ0) is 31.8. The van der Waals surface area contributed by atoms with Gasteiger partial charge in [-0.1, -0.05) is 70.1 Å². The van der Waals surface area contributed by atoms with Crippen LogP contribution in [0, 0.1) is 11.3 Å². The number of nitrogens with one attached hydrogen (secondary N) is 1. The molecule has 236 valence electrons. The van der Waals surface area contributed by atoms with E-state index in [1.165, 1.54) is 17.2 Å². The largest absolute Gasteiger partial charge is 0.351 e. The number of alkyl halides is 2. The number of halogens is 3. The number of anilines is 2. The molecule has 5 rings (SSSR count). The molecule has 0 unspecified atom stereocenters. The summed E-state index contributed by atoms with van der Waals surface area (Å²) in [7, 11) is 0. The number of carbonyl (C=O) groups is 3. The van der Waals surface area contributed by atoms with Crippen molar-refractivity contribution in [3.63, 3.8) is 0 Å². The molecule has 1 aliphatic carbocycles. The Kier molecular flexibility index (Phi) is 9.59. The number of hydrogen-bond donors (Lipinski definition) is 1. The summed E-state index contributed by atoms with van der Waals surface area (Å²) in [5.41, 5.74) is 1.19. The lowest BCUT2D eigenvalue weighted by atomic mass is 9.86. The van der Waals surface area contributed by atoms with E-state index in [-0.39, 0.29) is 47.9 Å². The Labute approximate surface area is 266 Å². The van der Waals surface area contributed by atoms with Crippen LogP contribution < -0.4 is 15.1 Å². The van der Waals surface area contributed by atoms with Gasteiger partial charge in [0.15, 0.2) is 0 Å². The van der Waals surface area contributed by atoms with Crippen molar-refractivity contribution in [2.75, 3.05) is 9.80 Å². The number of rotatable bonds is 7. The van der Waals surface area contributed by atoms with Crippen LogP contribution in [-0.4, -0.2) is 45.7 Å². The van der Waals surface area contributed by atoms with E-state index in [1.807, 2.05) is 32.9 Å². The predicted octanol–water partition coefficient (Wildman–Crippen LogP) is 6.12. The summed E-state index contributed by atoms with van der Waals surface area (Å²) < 4.78 is 27.5. The third-order valence-electron chi connectivity index (χ3n) is 7.84. The average molecular weight is 637 g/mol. The molecule has 1 aliphatic heterocycles. The first-order valence-corrected chi connectivity index (χ1v) is 14.6. The molecule has 1 saturated carbocycles. The van der Waals surface area contributed by atoms with Crippen molar-refractivity contribution < 1.29 is 23.2 Å². The lowest BCUT2D eigenvalue weighted by molar-refractivity contribution is -0.133. The van der Waals surface area contributed by atoms with Gasteiger partial charge in [-0.2, -0.15) is 5.26 Å². The van der Waals surface area contributed by atoms with Crippen molar-refractivity contribution in [2.45, 2.75) is 83.3 Å². The summed E-state index contributed by atoms with van der Waals surface area (Å²) in [6.07, 6.45) is 0.399. The van der Waals surface area contributed by atoms with E-state index in [0.29, 0.717) is 5.69 Å². The Morgan fingerprint density at radius 1 is 1.16 bits per heavy atom. The zero-order valence-electron chi connectivity index (χ0n) is 24.4. The van der Waals surface area contributed by atoms with Crippen LogP contribution in [0.15, 0.2) is 60.8 Å². The molecule has 1 saturated heterocycles. The maximum Gasteiger partial charge on any atom is 0.252 e. The number of nitriles is 1. The molecular formula is C33H35ClF2N6O3. The Bertz CT molecular complexity index is 1650. The first-order valence-electron chi connectivity index (χ1n) is 14.2. The Morgan fingerprint density at radius 3 is 2.51 bits per heavy atom. The summed E-state index contributed by atoms with van der Waals surface area (Å²) >= 11 is 6.62. The third kappa shape index (κ3) is 6.96. The number of aromatic nitrogens is 2. The second-order valence-electron chi connectivity index (χ2n) is 12.1. The monoisotopic (exact) mass is 636 g/mol. The standard InChI is InChI=1S/C32H31ClF2N6O3.CH4/c1-31(2,3)19-7-6-8-22(15-19)40(29(44)25-11-12-26(42)41(25)30-37-14-13-20(18-36)39-30)27(23-9-4-5-10-24(23)33)28(43)38-21-16-32(34,35)17-21;/h4-10,13-15,21,25,27H,11-12,16-17H2,1-3H3,(H,38,43);1H4/t25-,27-;/m0./s1. The highest BCUT2D eigenvalue weighted by Gasteiger charge is 2.49. The molecule has 2 fully saturated rings. The molecule has 1 N–H and O–H groups in total. The van der Waals surface area contributed by atoms with Gasteiger partial charge in [0.1, 0.15) is 23.8 Å². The minimum absolute atomic E-state index is 0. The van der Waals surface area contributed by atoms with E-state index in [4.69, 9.17) is 11.6 Å².